The number of benzene rings is 1. The van der Waals surface area contributed by atoms with Crippen LogP contribution >= 0.6 is 11.3 Å². The Bertz CT molecular complexity index is 1200. The number of carbonyl (C=O) groups is 1. The number of nitrogens with one attached hydrogen (secondary N) is 2. The zero-order valence-corrected chi connectivity index (χ0v) is 19.9. The predicted octanol–water partition coefficient (Wildman–Crippen LogP) is 2.86. The number of hydrogen-bond acceptors (Lipinski definition) is 6. The quantitative estimate of drug-likeness (QED) is 0.231. The van der Waals surface area contributed by atoms with E-state index in [9.17, 15) is 9.59 Å². The third-order valence-corrected chi connectivity index (χ3v) is 6.31. The highest BCUT2D eigenvalue weighted by Gasteiger charge is 2.10. The molecule has 3 rings (SSSR count). The third-order valence-electron chi connectivity index (χ3n) is 5.35. The first-order valence-corrected chi connectivity index (χ1v) is 12.1. The lowest BCUT2D eigenvalue weighted by atomic mass is 10.0. The summed E-state index contributed by atoms with van der Waals surface area (Å²) in [6.07, 6.45) is 14.1. The molecule has 0 saturated carbocycles. The molecule has 1 aromatic heterocycles. The molecule has 2 N–H and O–H groups in total. The van der Waals surface area contributed by atoms with Gasteiger partial charge in [-0.1, -0.05) is 18.6 Å². The number of rotatable bonds is 11. The summed E-state index contributed by atoms with van der Waals surface area (Å²) in [4.78, 5) is 31.9. The van der Waals surface area contributed by atoms with Crippen LogP contribution in [-0.4, -0.2) is 37.7 Å². The van der Waals surface area contributed by atoms with Gasteiger partial charge < -0.3 is 15.0 Å². The molecule has 0 aliphatic carbocycles. The number of nitrogens with zero attached hydrogens (tertiary/aromatic N) is 1. The van der Waals surface area contributed by atoms with E-state index in [-0.39, 0.29) is 11.3 Å². The van der Waals surface area contributed by atoms with Crippen LogP contribution in [0, 0.1) is 0 Å². The average Bonchev–Trinajstić information content (AvgIpc) is 3.15. The van der Waals surface area contributed by atoms with Gasteiger partial charge in [0.2, 0.25) is 0 Å². The first-order chi connectivity index (χ1) is 16.1. The summed E-state index contributed by atoms with van der Waals surface area (Å²) in [6.45, 7) is 5.14. The summed E-state index contributed by atoms with van der Waals surface area (Å²) in [5.41, 5.74) is 2.61. The average molecular weight is 466 g/mol. The van der Waals surface area contributed by atoms with E-state index in [4.69, 9.17) is 4.74 Å². The number of fused-ring (bicyclic) bond motifs is 1. The molecule has 33 heavy (non-hydrogen) atoms. The van der Waals surface area contributed by atoms with Crippen molar-refractivity contribution in [3.05, 3.63) is 72.8 Å². The Balaban J connectivity index is 1.80. The molecule has 7 heteroatoms. The fourth-order valence-electron chi connectivity index (χ4n) is 3.66. The molecule has 0 amide bonds. The van der Waals surface area contributed by atoms with Crippen LogP contribution < -0.4 is 24.8 Å². The van der Waals surface area contributed by atoms with E-state index >= 15 is 0 Å². The van der Waals surface area contributed by atoms with Gasteiger partial charge in [0.15, 0.2) is 5.78 Å². The van der Waals surface area contributed by atoms with Crippen molar-refractivity contribution in [2.75, 3.05) is 20.2 Å². The number of carbonyl (C=O) groups excluding carboxylic acids is 1. The first-order valence-electron chi connectivity index (χ1n) is 11.3. The molecule has 0 bridgehead atoms. The number of Topliss-reactive ketones (excluding diaryl/α,β-unsaturated/α-hetero) is 1. The van der Waals surface area contributed by atoms with Crippen molar-refractivity contribution < 1.29 is 9.53 Å². The molecule has 1 aliphatic heterocycles. The van der Waals surface area contributed by atoms with Crippen molar-refractivity contribution >= 4 is 36.0 Å². The minimum atomic E-state index is -0.193. The fraction of sp³-hybridized carbons (Fsp3) is 0.346. The van der Waals surface area contributed by atoms with E-state index in [0.717, 1.165) is 62.1 Å². The number of unbranched alkanes of at least 4 members (excludes halogenated alkanes) is 2. The molecule has 2 aromatic rings. The van der Waals surface area contributed by atoms with Gasteiger partial charge in [-0.2, -0.15) is 0 Å². The second-order valence-corrected chi connectivity index (χ2v) is 8.97. The van der Waals surface area contributed by atoms with E-state index in [1.807, 2.05) is 25.3 Å². The molecule has 0 saturated heterocycles. The molecular formula is C26H31N3O3S. The normalized spacial score (nSPS) is 15.0. The number of aromatic nitrogens is 1. The number of aromatic amines is 1. The zero-order chi connectivity index (χ0) is 23.5. The molecule has 174 valence electrons. The molecule has 2 heterocycles. The summed E-state index contributed by atoms with van der Waals surface area (Å²) >= 11 is 1.29. The highest BCUT2D eigenvalue weighted by Crippen LogP contribution is 2.25. The lowest BCUT2D eigenvalue weighted by Gasteiger charge is -2.17. The number of H-pyrrole nitrogens is 1. The van der Waals surface area contributed by atoms with Crippen molar-refractivity contribution in [1.29, 1.82) is 0 Å². The van der Waals surface area contributed by atoms with Gasteiger partial charge in [0.05, 0.1) is 15.8 Å². The largest absolute Gasteiger partial charge is 0.493 e. The third kappa shape index (κ3) is 7.51. The predicted molar refractivity (Wildman–Crippen MR) is 137 cm³/mol. The second-order valence-electron chi connectivity index (χ2n) is 7.89. The van der Waals surface area contributed by atoms with E-state index in [2.05, 4.69) is 28.1 Å². The summed E-state index contributed by atoms with van der Waals surface area (Å²) in [7, 11) is 1.93. The number of thiazole rings is 1. The topological polar surface area (TPSA) is 83.5 Å². The van der Waals surface area contributed by atoms with Crippen molar-refractivity contribution in [3.63, 3.8) is 0 Å². The number of hydrogen-bond donors (Lipinski definition) is 2. The van der Waals surface area contributed by atoms with Gasteiger partial charge in [-0.3, -0.25) is 14.6 Å². The molecule has 0 spiro atoms. The lowest BCUT2D eigenvalue weighted by molar-refractivity contribution is -0.110. The molecule has 0 fully saturated rings. The Hall–Kier alpha value is -3.03. The lowest BCUT2D eigenvalue weighted by Crippen LogP contribution is -2.20. The Labute approximate surface area is 198 Å². The number of ether oxygens (including phenoxy) is 1. The summed E-state index contributed by atoms with van der Waals surface area (Å²) in [6, 6.07) is 5.97. The van der Waals surface area contributed by atoms with Gasteiger partial charge in [-0.25, -0.2) is 0 Å². The first kappa shape index (κ1) is 24.6. The Morgan fingerprint density at radius 2 is 2.21 bits per heavy atom. The highest BCUT2D eigenvalue weighted by atomic mass is 32.1. The number of aryl methyl sites for hydroxylation is 1. The highest BCUT2D eigenvalue weighted by molar-refractivity contribution is 7.07. The van der Waals surface area contributed by atoms with E-state index < -0.39 is 0 Å². The second kappa shape index (κ2) is 12.9. The van der Waals surface area contributed by atoms with Crippen LogP contribution in [0.3, 0.4) is 0 Å². The minimum absolute atomic E-state index is 0.104. The van der Waals surface area contributed by atoms with Gasteiger partial charge in [-0.05, 0) is 93.4 Å². The smallest absolute Gasteiger partial charge is 0.266 e. The standard InChI is InChI=1S/C26H31N3O3S/c1-27-13-5-3-4-8-20(9-6-14-28-2)22(30)18-25-29-26(31)24(33-25)17-19-11-12-23-21(16-19)10-7-15-32-23/h6,9,11-12,14,16-18,27H,2-5,7-8,10,13,15H2,1H3,(H,29,31)/b14-6-,20-9+,24-17-,25-18+. The maximum Gasteiger partial charge on any atom is 0.266 e. The van der Waals surface area contributed by atoms with Crippen LogP contribution in [0.15, 0.2) is 51.9 Å². The van der Waals surface area contributed by atoms with Crippen molar-refractivity contribution in [1.82, 2.24) is 10.3 Å². The zero-order valence-electron chi connectivity index (χ0n) is 19.1. The number of allylic oxidation sites excluding steroid dienone is 3. The van der Waals surface area contributed by atoms with Gasteiger partial charge in [0.1, 0.15) is 5.75 Å². The SMILES string of the molecule is C=N/C=C\C=C(/CCCCCNC)C(=O)/C=c1\[nH]c(=O)/c(=C/c2ccc3c(c2)CCCO3)s1. The van der Waals surface area contributed by atoms with Crippen molar-refractivity contribution in [2.45, 2.75) is 38.5 Å². The van der Waals surface area contributed by atoms with Crippen LogP contribution in [0.2, 0.25) is 0 Å². The van der Waals surface area contributed by atoms with Gasteiger partial charge in [0.25, 0.3) is 5.56 Å². The number of aliphatic imine (C=N–C) groups is 1. The Kier molecular flexibility index (Phi) is 9.59. The van der Waals surface area contributed by atoms with E-state index in [0.29, 0.717) is 21.2 Å². The van der Waals surface area contributed by atoms with Gasteiger partial charge >= 0.3 is 0 Å². The molecular weight excluding hydrogens is 434 g/mol. The van der Waals surface area contributed by atoms with Gasteiger partial charge in [0, 0.05) is 12.3 Å². The molecule has 1 aliphatic rings. The van der Waals surface area contributed by atoms with Crippen LogP contribution in [0.1, 0.15) is 43.2 Å². The maximum absolute atomic E-state index is 12.9. The Morgan fingerprint density at radius 1 is 1.33 bits per heavy atom. The summed E-state index contributed by atoms with van der Waals surface area (Å²) < 4.78 is 6.78. The van der Waals surface area contributed by atoms with Crippen molar-refractivity contribution in [2.24, 2.45) is 4.99 Å². The minimum Gasteiger partial charge on any atom is -0.493 e. The monoisotopic (exact) mass is 465 g/mol. The molecule has 0 radical (unpaired) electrons. The number of ketones is 1. The summed E-state index contributed by atoms with van der Waals surface area (Å²) in [5.74, 6) is 0.816. The maximum atomic E-state index is 12.9. The molecule has 0 atom stereocenters. The molecule has 6 nitrogen and oxygen atoms in total. The van der Waals surface area contributed by atoms with Crippen molar-refractivity contribution in [3.8, 4) is 5.75 Å². The van der Waals surface area contributed by atoms with Crippen LogP contribution in [-0.2, 0) is 11.2 Å². The van der Waals surface area contributed by atoms with Crippen LogP contribution in [0.5, 0.6) is 5.75 Å². The van der Waals surface area contributed by atoms with Gasteiger partial charge in [-0.15, -0.1) is 11.3 Å². The molecule has 0 unspecified atom stereocenters. The molecule has 1 aromatic carbocycles. The fourth-order valence-corrected chi connectivity index (χ4v) is 4.55. The van der Waals surface area contributed by atoms with Crippen LogP contribution in [0.4, 0.5) is 0 Å². The summed E-state index contributed by atoms with van der Waals surface area (Å²) in [5, 5.41) is 3.13. The van der Waals surface area contributed by atoms with E-state index in [1.165, 1.54) is 17.4 Å². The van der Waals surface area contributed by atoms with Crippen LogP contribution in [0.25, 0.3) is 12.2 Å². The Morgan fingerprint density at radius 3 is 3.03 bits per heavy atom. The van der Waals surface area contributed by atoms with E-state index in [1.54, 1.807) is 18.4 Å².